The molecule has 6 nitrogen and oxygen atoms in total. The maximum atomic E-state index is 10.5. The van der Waals surface area contributed by atoms with Crippen molar-refractivity contribution in [2.45, 2.75) is 25.7 Å². The summed E-state index contributed by atoms with van der Waals surface area (Å²) in [5.74, 6) is -3.67. The average Bonchev–Trinajstić information content (AvgIpc) is 2.33. The van der Waals surface area contributed by atoms with Gasteiger partial charge in [0.2, 0.25) is 0 Å². The number of carboxylic acids is 2. The van der Waals surface area contributed by atoms with Gasteiger partial charge in [0, 0.05) is 6.42 Å². The van der Waals surface area contributed by atoms with Crippen molar-refractivity contribution in [3.05, 3.63) is 0 Å². The Kier molecular flexibility index (Phi) is 6.09. The molecule has 1 rings (SSSR count). The number of carboxylic acid groups (broad SMARTS) is 2. The number of carbonyl (C=O) groups excluding carboxylic acids is 1. The summed E-state index contributed by atoms with van der Waals surface area (Å²) >= 11 is 0. The molecule has 0 bridgehead atoms. The molecular formula is C8H12O6. The number of hydrogen-bond acceptors (Lipinski definition) is 4. The SMILES string of the molecule is O=C(O)C(=O)O.O=C1CCCCCO1. The molecule has 0 amide bonds. The van der Waals surface area contributed by atoms with Gasteiger partial charge in [-0.15, -0.1) is 0 Å². The van der Waals surface area contributed by atoms with Crippen LogP contribution in [-0.2, 0) is 19.1 Å². The highest BCUT2D eigenvalue weighted by atomic mass is 16.5. The Morgan fingerprint density at radius 3 is 2.14 bits per heavy atom. The summed E-state index contributed by atoms with van der Waals surface area (Å²) in [6.45, 7) is 0.638. The first kappa shape index (κ1) is 12.4. The molecule has 0 aromatic heterocycles. The van der Waals surface area contributed by atoms with E-state index in [9.17, 15) is 4.79 Å². The van der Waals surface area contributed by atoms with Crippen molar-refractivity contribution in [2.24, 2.45) is 0 Å². The molecule has 1 heterocycles. The molecule has 0 atom stereocenters. The third-order valence-electron chi connectivity index (χ3n) is 1.47. The number of ether oxygens (including phenoxy) is 1. The van der Waals surface area contributed by atoms with Crippen molar-refractivity contribution < 1.29 is 29.3 Å². The minimum atomic E-state index is -1.82. The lowest BCUT2D eigenvalue weighted by atomic mass is 10.2. The quantitative estimate of drug-likeness (QED) is 0.433. The van der Waals surface area contributed by atoms with Crippen molar-refractivity contribution in [3.63, 3.8) is 0 Å². The number of hydrogen-bond donors (Lipinski definition) is 2. The van der Waals surface area contributed by atoms with Crippen LogP contribution in [0.4, 0.5) is 0 Å². The van der Waals surface area contributed by atoms with Gasteiger partial charge in [0.15, 0.2) is 0 Å². The zero-order chi connectivity index (χ0) is 11.0. The summed E-state index contributed by atoms with van der Waals surface area (Å²) < 4.78 is 4.76. The summed E-state index contributed by atoms with van der Waals surface area (Å²) in [4.78, 5) is 28.7. The van der Waals surface area contributed by atoms with Gasteiger partial charge in [0.1, 0.15) is 0 Å². The highest BCUT2D eigenvalue weighted by Gasteiger charge is 2.05. The number of cyclic esters (lactones) is 1. The van der Waals surface area contributed by atoms with Crippen LogP contribution in [0.1, 0.15) is 25.7 Å². The van der Waals surface area contributed by atoms with Crippen molar-refractivity contribution in [2.75, 3.05) is 6.61 Å². The lowest BCUT2D eigenvalue weighted by Gasteiger charge is -1.93. The molecule has 2 N–H and O–H groups in total. The van der Waals surface area contributed by atoms with Crippen LogP contribution in [0.25, 0.3) is 0 Å². The summed E-state index contributed by atoms with van der Waals surface area (Å²) in [6, 6.07) is 0. The molecule has 6 heteroatoms. The van der Waals surface area contributed by atoms with Crippen LogP contribution in [0.2, 0.25) is 0 Å². The second kappa shape index (κ2) is 6.88. The van der Waals surface area contributed by atoms with Crippen molar-refractivity contribution in [3.8, 4) is 0 Å². The third kappa shape index (κ3) is 7.08. The number of carbonyl (C=O) groups is 3. The third-order valence-corrected chi connectivity index (χ3v) is 1.47. The number of rotatable bonds is 0. The standard InChI is InChI=1S/C6H10O2.C2H2O4/c7-6-4-2-1-3-5-8-6;3-1(4)2(5)6/h1-5H2;(H,3,4)(H,5,6). The molecule has 14 heavy (non-hydrogen) atoms. The molecule has 1 aliphatic rings. The first-order chi connectivity index (χ1) is 6.54. The van der Waals surface area contributed by atoms with Gasteiger partial charge in [-0.3, -0.25) is 4.79 Å². The molecule has 0 unspecified atom stereocenters. The van der Waals surface area contributed by atoms with Gasteiger partial charge in [0.05, 0.1) is 6.61 Å². The van der Waals surface area contributed by atoms with E-state index < -0.39 is 11.9 Å². The Balaban J connectivity index is 0.000000255. The van der Waals surface area contributed by atoms with Crippen LogP contribution in [0, 0.1) is 0 Å². The molecule has 0 aliphatic carbocycles. The van der Waals surface area contributed by atoms with E-state index in [1.807, 2.05) is 0 Å². The Morgan fingerprint density at radius 2 is 1.64 bits per heavy atom. The summed E-state index contributed by atoms with van der Waals surface area (Å²) in [5, 5.41) is 14.8. The van der Waals surface area contributed by atoms with E-state index in [0.717, 1.165) is 19.3 Å². The van der Waals surface area contributed by atoms with Gasteiger partial charge in [0.25, 0.3) is 0 Å². The molecule has 0 saturated carbocycles. The Labute approximate surface area is 80.5 Å². The van der Waals surface area contributed by atoms with Gasteiger partial charge in [-0.2, -0.15) is 0 Å². The van der Waals surface area contributed by atoms with E-state index in [1.165, 1.54) is 0 Å². The molecule has 1 aliphatic heterocycles. The maximum Gasteiger partial charge on any atom is 0.414 e. The fourth-order valence-electron chi connectivity index (χ4n) is 0.806. The van der Waals surface area contributed by atoms with Crippen molar-refractivity contribution >= 4 is 17.9 Å². The zero-order valence-electron chi connectivity index (χ0n) is 7.56. The van der Waals surface area contributed by atoms with Gasteiger partial charge in [-0.25, -0.2) is 9.59 Å². The minimum Gasteiger partial charge on any atom is -0.473 e. The molecular weight excluding hydrogens is 192 g/mol. The molecule has 0 aromatic carbocycles. The summed E-state index contributed by atoms with van der Waals surface area (Å²) in [5.41, 5.74) is 0. The monoisotopic (exact) mass is 204 g/mol. The maximum absolute atomic E-state index is 10.5. The average molecular weight is 204 g/mol. The van der Waals surface area contributed by atoms with Crippen molar-refractivity contribution in [1.29, 1.82) is 0 Å². The summed E-state index contributed by atoms with van der Waals surface area (Å²) in [7, 11) is 0. The first-order valence-corrected chi connectivity index (χ1v) is 4.16. The van der Waals surface area contributed by atoms with Crippen molar-refractivity contribution in [1.82, 2.24) is 0 Å². The minimum absolute atomic E-state index is 0.0255. The van der Waals surface area contributed by atoms with E-state index in [1.54, 1.807) is 0 Å². The predicted molar refractivity (Wildman–Crippen MR) is 44.7 cm³/mol. The Hall–Kier alpha value is -1.59. The topological polar surface area (TPSA) is 101 Å². The Bertz CT molecular complexity index is 200. The smallest absolute Gasteiger partial charge is 0.414 e. The van der Waals surface area contributed by atoms with E-state index in [0.29, 0.717) is 13.0 Å². The highest BCUT2D eigenvalue weighted by molar-refractivity contribution is 6.27. The molecule has 1 saturated heterocycles. The lowest BCUT2D eigenvalue weighted by molar-refractivity contribution is -0.159. The molecule has 1 fully saturated rings. The van der Waals surface area contributed by atoms with Crippen LogP contribution >= 0.6 is 0 Å². The van der Waals surface area contributed by atoms with Gasteiger partial charge >= 0.3 is 17.9 Å². The van der Waals surface area contributed by atoms with E-state index in [-0.39, 0.29) is 5.97 Å². The lowest BCUT2D eigenvalue weighted by Crippen LogP contribution is -2.09. The molecule has 0 aromatic rings. The molecule has 0 spiro atoms. The first-order valence-electron chi connectivity index (χ1n) is 4.16. The second-order valence-electron chi connectivity index (χ2n) is 2.64. The second-order valence-corrected chi connectivity index (χ2v) is 2.64. The Morgan fingerprint density at radius 1 is 1.07 bits per heavy atom. The van der Waals surface area contributed by atoms with E-state index in [2.05, 4.69) is 0 Å². The fourth-order valence-corrected chi connectivity index (χ4v) is 0.806. The van der Waals surface area contributed by atoms with Crippen LogP contribution in [0.3, 0.4) is 0 Å². The fraction of sp³-hybridized carbons (Fsp3) is 0.625. The van der Waals surface area contributed by atoms with E-state index in [4.69, 9.17) is 24.5 Å². The highest BCUT2D eigenvalue weighted by Crippen LogP contribution is 2.06. The van der Waals surface area contributed by atoms with Crippen LogP contribution in [0.15, 0.2) is 0 Å². The normalized spacial score (nSPS) is 15.6. The molecule has 0 radical (unpaired) electrons. The molecule has 80 valence electrons. The number of esters is 1. The van der Waals surface area contributed by atoms with Crippen LogP contribution in [0.5, 0.6) is 0 Å². The van der Waals surface area contributed by atoms with Crippen LogP contribution in [-0.4, -0.2) is 34.7 Å². The predicted octanol–water partition coefficient (Wildman–Crippen LogP) is 0.259. The van der Waals surface area contributed by atoms with E-state index >= 15 is 0 Å². The van der Waals surface area contributed by atoms with Gasteiger partial charge in [-0.05, 0) is 19.3 Å². The van der Waals surface area contributed by atoms with Gasteiger partial charge in [-0.1, -0.05) is 0 Å². The number of aliphatic carboxylic acids is 2. The zero-order valence-corrected chi connectivity index (χ0v) is 7.56. The van der Waals surface area contributed by atoms with Crippen LogP contribution < -0.4 is 0 Å². The largest absolute Gasteiger partial charge is 0.473 e. The van der Waals surface area contributed by atoms with Gasteiger partial charge < -0.3 is 14.9 Å². The summed E-state index contributed by atoms with van der Waals surface area (Å²) in [6.07, 6.45) is 3.83.